The standard InChI is InChI=1S/C13H23N3/c1-9-12(10(2)16-15-9)14-11-5-7-13(3,4)8-6-11/h11,14H,5-8H2,1-4H3,(H,15,16). The first-order valence-corrected chi connectivity index (χ1v) is 6.26. The van der Waals surface area contributed by atoms with E-state index in [2.05, 4.69) is 43.2 Å². The molecule has 1 aliphatic carbocycles. The average Bonchev–Trinajstić information content (AvgIpc) is 2.52. The molecule has 1 saturated carbocycles. The molecule has 0 saturated heterocycles. The minimum absolute atomic E-state index is 0.540. The van der Waals surface area contributed by atoms with Gasteiger partial charge in [0.05, 0.1) is 17.1 Å². The lowest BCUT2D eigenvalue weighted by molar-refractivity contribution is 0.232. The van der Waals surface area contributed by atoms with E-state index in [0.717, 1.165) is 11.4 Å². The molecule has 0 radical (unpaired) electrons. The van der Waals surface area contributed by atoms with Crippen LogP contribution < -0.4 is 5.32 Å². The second-order valence-corrected chi connectivity index (χ2v) is 5.89. The van der Waals surface area contributed by atoms with Gasteiger partial charge in [-0.2, -0.15) is 5.10 Å². The maximum absolute atomic E-state index is 4.22. The van der Waals surface area contributed by atoms with E-state index < -0.39 is 0 Å². The first-order valence-electron chi connectivity index (χ1n) is 6.26. The van der Waals surface area contributed by atoms with Gasteiger partial charge in [-0.1, -0.05) is 13.8 Å². The molecule has 0 bridgehead atoms. The Morgan fingerprint density at radius 3 is 2.38 bits per heavy atom. The number of H-pyrrole nitrogens is 1. The normalized spacial score (nSPS) is 21.0. The first-order chi connectivity index (χ1) is 7.48. The lowest BCUT2D eigenvalue weighted by Crippen LogP contribution is -2.30. The molecule has 0 atom stereocenters. The van der Waals surface area contributed by atoms with Gasteiger partial charge < -0.3 is 5.32 Å². The van der Waals surface area contributed by atoms with Gasteiger partial charge in [0.25, 0.3) is 0 Å². The van der Waals surface area contributed by atoms with Crippen LogP contribution in [0.5, 0.6) is 0 Å². The van der Waals surface area contributed by atoms with Crippen molar-refractivity contribution in [3.8, 4) is 0 Å². The zero-order valence-corrected chi connectivity index (χ0v) is 10.9. The van der Waals surface area contributed by atoms with Gasteiger partial charge >= 0.3 is 0 Å². The van der Waals surface area contributed by atoms with E-state index in [4.69, 9.17) is 0 Å². The zero-order valence-electron chi connectivity index (χ0n) is 10.9. The average molecular weight is 221 g/mol. The molecule has 90 valence electrons. The Bertz CT molecular complexity index is 336. The molecular formula is C13H23N3. The molecular weight excluding hydrogens is 198 g/mol. The van der Waals surface area contributed by atoms with Crippen LogP contribution in [0.4, 0.5) is 5.69 Å². The molecule has 1 fully saturated rings. The minimum Gasteiger partial charge on any atom is -0.379 e. The van der Waals surface area contributed by atoms with Crippen LogP contribution in [0.2, 0.25) is 0 Å². The smallest absolute Gasteiger partial charge is 0.0825 e. The second-order valence-electron chi connectivity index (χ2n) is 5.89. The highest BCUT2D eigenvalue weighted by molar-refractivity contribution is 5.52. The van der Waals surface area contributed by atoms with Gasteiger partial charge in [0.2, 0.25) is 0 Å². The maximum atomic E-state index is 4.22. The molecule has 0 spiro atoms. The lowest BCUT2D eigenvalue weighted by atomic mass is 9.75. The van der Waals surface area contributed by atoms with Crippen LogP contribution in [0, 0.1) is 19.3 Å². The van der Waals surface area contributed by atoms with Gasteiger partial charge in [-0.15, -0.1) is 0 Å². The molecule has 1 aliphatic rings. The molecule has 0 amide bonds. The summed E-state index contributed by atoms with van der Waals surface area (Å²) < 4.78 is 0. The van der Waals surface area contributed by atoms with Crippen molar-refractivity contribution in [3.63, 3.8) is 0 Å². The molecule has 0 aromatic carbocycles. The number of aryl methyl sites for hydroxylation is 2. The highest BCUT2D eigenvalue weighted by Gasteiger charge is 2.27. The van der Waals surface area contributed by atoms with Crippen LogP contribution >= 0.6 is 0 Å². The van der Waals surface area contributed by atoms with Gasteiger partial charge in [0.15, 0.2) is 0 Å². The number of nitrogens with one attached hydrogen (secondary N) is 2. The summed E-state index contributed by atoms with van der Waals surface area (Å²) in [4.78, 5) is 0. The highest BCUT2D eigenvalue weighted by atomic mass is 15.2. The molecule has 3 nitrogen and oxygen atoms in total. The maximum Gasteiger partial charge on any atom is 0.0825 e. The van der Waals surface area contributed by atoms with E-state index in [0.29, 0.717) is 11.5 Å². The van der Waals surface area contributed by atoms with Crippen LogP contribution in [0.1, 0.15) is 50.9 Å². The van der Waals surface area contributed by atoms with Crippen molar-refractivity contribution < 1.29 is 0 Å². The van der Waals surface area contributed by atoms with E-state index in [9.17, 15) is 0 Å². The van der Waals surface area contributed by atoms with Crippen molar-refractivity contribution >= 4 is 5.69 Å². The van der Waals surface area contributed by atoms with E-state index >= 15 is 0 Å². The Hall–Kier alpha value is -0.990. The van der Waals surface area contributed by atoms with Gasteiger partial charge in [0.1, 0.15) is 0 Å². The Labute approximate surface area is 98.0 Å². The molecule has 2 rings (SSSR count). The zero-order chi connectivity index (χ0) is 11.8. The largest absolute Gasteiger partial charge is 0.379 e. The summed E-state index contributed by atoms with van der Waals surface area (Å²) in [7, 11) is 0. The Morgan fingerprint density at radius 2 is 1.88 bits per heavy atom. The molecule has 3 heteroatoms. The predicted octanol–water partition coefficient (Wildman–Crippen LogP) is 3.41. The summed E-state index contributed by atoms with van der Waals surface area (Å²) in [5.74, 6) is 0. The quantitative estimate of drug-likeness (QED) is 0.803. The van der Waals surface area contributed by atoms with Crippen molar-refractivity contribution in [2.45, 2.75) is 59.4 Å². The van der Waals surface area contributed by atoms with E-state index in [1.807, 2.05) is 0 Å². The molecule has 0 aliphatic heterocycles. The number of hydrogen-bond donors (Lipinski definition) is 2. The molecule has 1 aromatic heterocycles. The number of hydrogen-bond acceptors (Lipinski definition) is 2. The molecule has 16 heavy (non-hydrogen) atoms. The fraction of sp³-hybridized carbons (Fsp3) is 0.769. The Morgan fingerprint density at radius 1 is 1.25 bits per heavy atom. The Kier molecular flexibility index (Phi) is 2.96. The van der Waals surface area contributed by atoms with Crippen molar-refractivity contribution in [1.82, 2.24) is 10.2 Å². The van der Waals surface area contributed by atoms with E-state index in [1.54, 1.807) is 0 Å². The Balaban J connectivity index is 1.97. The van der Waals surface area contributed by atoms with Crippen molar-refractivity contribution in [2.75, 3.05) is 5.32 Å². The van der Waals surface area contributed by atoms with Crippen LogP contribution in [0.25, 0.3) is 0 Å². The monoisotopic (exact) mass is 221 g/mol. The molecule has 2 N–H and O–H groups in total. The highest BCUT2D eigenvalue weighted by Crippen LogP contribution is 2.36. The summed E-state index contributed by atoms with van der Waals surface area (Å²) in [6, 6.07) is 0.628. The topological polar surface area (TPSA) is 40.7 Å². The summed E-state index contributed by atoms with van der Waals surface area (Å²) in [5.41, 5.74) is 3.99. The lowest BCUT2D eigenvalue weighted by Gasteiger charge is -2.35. The number of anilines is 1. The van der Waals surface area contributed by atoms with Crippen LogP contribution in [-0.4, -0.2) is 16.2 Å². The third-order valence-electron chi connectivity index (χ3n) is 3.82. The fourth-order valence-corrected chi connectivity index (χ4v) is 2.51. The van der Waals surface area contributed by atoms with Crippen molar-refractivity contribution in [1.29, 1.82) is 0 Å². The van der Waals surface area contributed by atoms with Crippen LogP contribution in [0.15, 0.2) is 0 Å². The SMILES string of the molecule is Cc1n[nH]c(C)c1NC1CCC(C)(C)CC1. The van der Waals surface area contributed by atoms with Gasteiger partial charge in [-0.05, 0) is 44.9 Å². The number of rotatable bonds is 2. The predicted molar refractivity (Wildman–Crippen MR) is 67.7 cm³/mol. The van der Waals surface area contributed by atoms with Gasteiger partial charge in [0, 0.05) is 6.04 Å². The fourth-order valence-electron chi connectivity index (χ4n) is 2.51. The molecule has 1 aromatic rings. The van der Waals surface area contributed by atoms with Gasteiger partial charge in [-0.25, -0.2) is 0 Å². The van der Waals surface area contributed by atoms with Crippen LogP contribution in [0.3, 0.4) is 0 Å². The van der Waals surface area contributed by atoms with Crippen molar-refractivity contribution in [2.24, 2.45) is 5.41 Å². The second kappa shape index (κ2) is 4.11. The molecule has 1 heterocycles. The third-order valence-corrected chi connectivity index (χ3v) is 3.82. The van der Waals surface area contributed by atoms with Crippen LogP contribution in [-0.2, 0) is 0 Å². The third kappa shape index (κ3) is 2.39. The van der Waals surface area contributed by atoms with E-state index in [1.165, 1.54) is 31.4 Å². The minimum atomic E-state index is 0.540. The summed E-state index contributed by atoms with van der Waals surface area (Å²) in [6.07, 6.45) is 5.19. The summed E-state index contributed by atoms with van der Waals surface area (Å²) in [6.45, 7) is 8.88. The number of aromatic amines is 1. The van der Waals surface area contributed by atoms with E-state index in [-0.39, 0.29) is 0 Å². The van der Waals surface area contributed by atoms with Gasteiger partial charge in [-0.3, -0.25) is 5.10 Å². The number of aromatic nitrogens is 2. The summed E-state index contributed by atoms with van der Waals surface area (Å²) in [5, 5.41) is 10.9. The summed E-state index contributed by atoms with van der Waals surface area (Å²) >= 11 is 0. The van der Waals surface area contributed by atoms with Crippen molar-refractivity contribution in [3.05, 3.63) is 11.4 Å². The molecule has 0 unspecified atom stereocenters. The number of nitrogens with zero attached hydrogens (tertiary/aromatic N) is 1. The first kappa shape index (κ1) is 11.5.